The van der Waals surface area contributed by atoms with Gasteiger partial charge in [0.05, 0.1) is 23.3 Å². The first-order chi connectivity index (χ1) is 12.0. The van der Waals surface area contributed by atoms with Crippen LogP contribution in [0.25, 0.3) is 11.1 Å². The summed E-state index contributed by atoms with van der Waals surface area (Å²) in [5.74, 6) is 1.29. The van der Waals surface area contributed by atoms with Gasteiger partial charge in [-0.25, -0.2) is 27.8 Å². The molecule has 3 aromatic heterocycles. The molecule has 1 aliphatic rings. The molecule has 0 aliphatic carbocycles. The Bertz CT molecular complexity index is 1040. The molecule has 132 valence electrons. The fourth-order valence-electron chi connectivity index (χ4n) is 3.10. The molecule has 0 unspecified atom stereocenters. The van der Waals surface area contributed by atoms with Crippen LogP contribution >= 0.6 is 0 Å². The van der Waals surface area contributed by atoms with Crippen LogP contribution in [0.1, 0.15) is 43.1 Å². The predicted molar refractivity (Wildman–Crippen MR) is 88.2 cm³/mol. The van der Waals surface area contributed by atoms with E-state index in [2.05, 4.69) is 24.9 Å². The smallest absolute Gasteiger partial charge is 0.258 e. The Morgan fingerprint density at radius 3 is 3.08 bits per heavy atom. The van der Waals surface area contributed by atoms with Crippen LogP contribution in [0.5, 0.6) is 0 Å². The minimum Gasteiger partial charge on any atom is -0.336 e. The van der Waals surface area contributed by atoms with Crippen LogP contribution in [0.2, 0.25) is 0 Å². The molecule has 0 fully saturated rings. The number of pyridine rings is 1. The first-order valence-corrected chi connectivity index (χ1v) is 9.64. The number of nitrogens with one attached hydrogen (secondary N) is 1. The Kier molecular flexibility index (Phi) is 3.80. The average molecular weight is 362 g/mol. The van der Waals surface area contributed by atoms with Crippen LogP contribution in [0.15, 0.2) is 21.7 Å². The zero-order valence-electron chi connectivity index (χ0n) is 13.9. The molecule has 1 N–H and O–H groups in total. The summed E-state index contributed by atoms with van der Waals surface area (Å²) in [5.41, 5.74) is 1.02. The summed E-state index contributed by atoms with van der Waals surface area (Å²) in [4.78, 5) is 8.53. The van der Waals surface area contributed by atoms with Crippen molar-refractivity contribution in [3.05, 3.63) is 29.6 Å². The van der Waals surface area contributed by atoms with E-state index in [1.165, 1.54) is 6.20 Å². The van der Waals surface area contributed by atoms with Gasteiger partial charge in [-0.3, -0.25) is 0 Å². The molecule has 0 saturated heterocycles. The highest BCUT2D eigenvalue weighted by molar-refractivity contribution is 7.89. The molecule has 0 saturated carbocycles. The molecule has 1 aliphatic heterocycles. The summed E-state index contributed by atoms with van der Waals surface area (Å²) in [5, 5.41) is 8.83. The van der Waals surface area contributed by atoms with Crippen molar-refractivity contribution >= 4 is 21.1 Å². The van der Waals surface area contributed by atoms with Crippen molar-refractivity contribution in [3.63, 3.8) is 0 Å². The van der Waals surface area contributed by atoms with Crippen LogP contribution < -0.4 is 4.72 Å². The molecule has 3 aromatic rings. The van der Waals surface area contributed by atoms with Crippen molar-refractivity contribution in [3.8, 4) is 0 Å². The van der Waals surface area contributed by atoms with E-state index >= 15 is 0 Å². The zero-order valence-corrected chi connectivity index (χ0v) is 14.7. The van der Waals surface area contributed by atoms with Gasteiger partial charge in [0.1, 0.15) is 16.5 Å². The molecule has 0 amide bonds. The van der Waals surface area contributed by atoms with E-state index in [9.17, 15) is 8.42 Å². The second-order valence-corrected chi connectivity index (χ2v) is 7.78. The maximum absolute atomic E-state index is 12.8. The Morgan fingerprint density at radius 2 is 2.28 bits per heavy atom. The second kappa shape index (κ2) is 5.88. The Balaban J connectivity index is 1.68. The summed E-state index contributed by atoms with van der Waals surface area (Å²) < 4.78 is 35.3. The van der Waals surface area contributed by atoms with Gasteiger partial charge in [0.2, 0.25) is 10.0 Å². The summed E-state index contributed by atoms with van der Waals surface area (Å²) in [7, 11) is -3.75. The minimum absolute atomic E-state index is 0.0891. The molecule has 9 nitrogen and oxygen atoms in total. The van der Waals surface area contributed by atoms with Gasteiger partial charge in [-0.2, -0.15) is 5.10 Å². The third kappa shape index (κ3) is 2.81. The number of sulfonamides is 1. The molecule has 4 heterocycles. The summed E-state index contributed by atoms with van der Waals surface area (Å²) in [6, 6.07) is 1.16. The summed E-state index contributed by atoms with van der Waals surface area (Å²) >= 11 is 0. The fourth-order valence-corrected chi connectivity index (χ4v) is 4.30. The lowest BCUT2D eigenvalue weighted by molar-refractivity contribution is 0.399. The SMILES string of the molecule is CCc1noc2ncc(S(=O)(=O)N[C@@H]3CCCn4nc(C)nc43)cc12. The molecule has 25 heavy (non-hydrogen) atoms. The van der Waals surface area contributed by atoms with Gasteiger partial charge in [0.25, 0.3) is 5.71 Å². The lowest BCUT2D eigenvalue weighted by Gasteiger charge is -2.22. The van der Waals surface area contributed by atoms with Gasteiger partial charge >= 0.3 is 0 Å². The second-order valence-electron chi connectivity index (χ2n) is 6.06. The van der Waals surface area contributed by atoms with Crippen molar-refractivity contribution in [2.75, 3.05) is 0 Å². The van der Waals surface area contributed by atoms with E-state index in [4.69, 9.17) is 4.52 Å². The van der Waals surface area contributed by atoms with E-state index < -0.39 is 16.1 Å². The number of hydrogen-bond donors (Lipinski definition) is 1. The van der Waals surface area contributed by atoms with Crippen molar-refractivity contribution in [1.82, 2.24) is 29.6 Å². The van der Waals surface area contributed by atoms with E-state index in [0.29, 0.717) is 41.3 Å². The maximum Gasteiger partial charge on any atom is 0.258 e. The largest absolute Gasteiger partial charge is 0.336 e. The lowest BCUT2D eigenvalue weighted by atomic mass is 10.1. The molecule has 0 radical (unpaired) electrons. The Labute approximate surface area is 144 Å². The highest BCUT2D eigenvalue weighted by Crippen LogP contribution is 2.26. The number of fused-ring (bicyclic) bond motifs is 2. The normalized spacial score (nSPS) is 17.8. The standard InChI is InChI=1S/C15H18N6O3S/c1-3-12-11-7-10(8-16-15(11)24-19-12)25(22,23)20-13-5-4-6-21-14(13)17-9(2)18-21/h7-8,13,20H,3-6H2,1-2H3/t13-/m1/s1. The van der Waals surface area contributed by atoms with Crippen LogP contribution in [0.4, 0.5) is 0 Å². The van der Waals surface area contributed by atoms with Crippen LogP contribution in [-0.4, -0.2) is 33.3 Å². The average Bonchev–Trinajstić information content (AvgIpc) is 3.16. The third-order valence-corrected chi connectivity index (χ3v) is 5.74. The van der Waals surface area contributed by atoms with Crippen molar-refractivity contribution < 1.29 is 12.9 Å². The number of nitrogens with zero attached hydrogens (tertiary/aromatic N) is 5. The zero-order chi connectivity index (χ0) is 17.6. The summed E-state index contributed by atoms with van der Waals surface area (Å²) in [6.45, 7) is 4.48. The first-order valence-electron chi connectivity index (χ1n) is 8.16. The lowest BCUT2D eigenvalue weighted by Crippen LogP contribution is -2.33. The Hall–Kier alpha value is -2.33. The van der Waals surface area contributed by atoms with Gasteiger partial charge in [-0.15, -0.1) is 0 Å². The maximum atomic E-state index is 12.8. The molecule has 0 aromatic carbocycles. The van der Waals surface area contributed by atoms with Crippen molar-refractivity contribution in [2.24, 2.45) is 0 Å². The van der Waals surface area contributed by atoms with Crippen molar-refractivity contribution in [1.29, 1.82) is 0 Å². The highest BCUT2D eigenvalue weighted by Gasteiger charge is 2.29. The van der Waals surface area contributed by atoms with Gasteiger partial charge in [0, 0.05) is 6.54 Å². The van der Waals surface area contributed by atoms with E-state index in [0.717, 1.165) is 13.0 Å². The molecular weight excluding hydrogens is 344 g/mol. The van der Waals surface area contributed by atoms with Gasteiger partial charge in [-0.05, 0) is 32.3 Å². The van der Waals surface area contributed by atoms with E-state index in [-0.39, 0.29) is 4.90 Å². The topological polar surface area (TPSA) is 116 Å². The van der Waals surface area contributed by atoms with Gasteiger partial charge < -0.3 is 4.52 Å². The van der Waals surface area contributed by atoms with Gasteiger partial charge in [0.15, 0.2) is 0 Å². The molecule has 1 atom stereocenters. The van der Waals surface area contributed by atoms with E-state index in [1.807, 2.05) is 6.92 Å². The number of aryl methyl sites for hydroxylation is 3. The van der Waals surface area contributed by atoms with Gasteiger partial charge in [-0.1, -0.05) is 12.1 Å². The predicted octanol–water partition coefficient (Wildman–Crippen LogP) is 1.50. The number of hydrogen-bond acceptors (Lipinski definition) is 7. The van der Waals surface area contributed by atoms with Crippen LogP contribution in [0, 0.1) is 6.92 Å². The fraction of sp³-hybridized carbons (Fsp3) is 0.467. The highest BCUT2D eigenvalue weighted by atomic mass is 32.2. The van der Waals surface area contributed by atoms with Crippen LogP contribution in [-0.2, 0) is 23.0 Å². The minimum atomic E-state index is -3.75. The molecule has 4 rings (SSSR count). The molecule has 10 heteroatoms. The first kappa shape index (κ1) is 16.2. The summed E-state index contributed by atoms with van der Waals surface area (Å²) in [6.07, 6.45) is 3.44. The molecular formula is C15H18N6O3S. The van der Waals surface area contributed by atoms with E-state index in [1.54, 1.807) is 17.7 Å². The molecule has 0 spiro atoms. The molecule has 0 bridgehead atoms. The quantitative estimate of drug-likeness (QED) is 0.747. The Morgan fingerprint density at radius 1 is 1.44 bits per heavy atom. The third-order valence-electron chi connectivity index (χ3n) is 4.30. The van der Waals surface area contributed by atoms with Crippen molar-refractivity contribution in [2.45, 2.75) is 50.6 Å². The van der Waals surface area contributed by atoms with Crippen LogP contribution in [0.3, 0.4) is 0 Å². The monoisotopic (exact) mass is 362 g/mol. The number of rotatable bonds is 4. The number of aromatic nitrogens is 5.